The summed E-state index contributed by atoms with van der Waals surface area (Å²) in [6.07, 6.45) is 0. The van der Waals surface area contributed by atoms with Crippen molar-refractivity contribution in [1.29, 1.82) is 0 Å². The molecule has 0 aromatic heterocycles. The molecule has 4 radical (unpaired) electrons. The summed E-state index contributed by atoms with van der Waals surface area (Å²) in [5, 5.41) is 0. The molecule has 0 aliphatic carbocycles. The van der Waals surface area contributed by atoms with Gasteiger partial charge >= 0.3 is 0 Å². The topological polar surface area (TPSA) is 0 Å². The molecule has 0 aliphatic rings. The summed E-state index contributed by atoms with van der Waals surface area (Å²) in [6.45, 7) is 0. The average Bonchev–Trinajstić information content (AvgIpc) is 0. The number of rotatable bonds is 0. The standard InChI is InChI=1S/3CH4.BrH.Pb/h3*1H4;1H;/p-1. The van der Waals surface area contributed by atoms with Gasteiger partial charge in [-0.1, -0.05) is 22.3 Å². The molecule has 0 unspecified atom stereocenters. The molecule has 0 saturated carbocycles. The molecule has 0 rings (SSSR count). The maximum atomic E-state index is 0. The Bertz CT molecular complexity index is 6.85. The van der Waals surface area contributed by atoms with Gasteiger partial charge in [-0.15, -0.1) is 0 Å². The van der Waals surface area contributed by atoms with Gasteiger partial charge in [-0.25, -0.2) is 0 Å². The molecule has 36 valence electrons. The summed E-state index contributed by atoms with van der Waals surface area (Å²) in [4.78, 5) is 0. The molecule has 5 heavy (non-hydrogen) atoms. The predicted molar refractivity (Wildman–Crippen MR) is 25.9 cm³/mol. The summed E-state index contributed by atoms with van der Waals surface area (Å²) in [5.41, 5.74) is 0. The van der Waals surface area contributed by atoms with E-state index in [-0.39, 0.29) is 66.6 Å². The van der Waals surface area contributed by atoms with E-state index in [4.69, 9.17) is 0 Å². The molecule has 0 nitrogen and oxygen atoms in total. The van der Waals surface area contributed by atoms with Crippen molar-refractivity contribution in [3.8, 4) is 0 Å². The minimum absolute atomic E-state index is 0. The van der Waals surface area contributed by atoms with Crippen LogP contribution < -0.4 is 17.0 Å². The van der Waals surface area contributed by atoms with Gasteiger partial charge < -0.3 is 17.0 Å². The van der Waals surface area contributed by atoms with Crippen LogP contribution >= 0.6 is 0 Å². The molecule has 0 fully saturated rings. The Hall–Kier alpha value is 1.40. The predicted octanol–water partition coefficient (Wildman–Crippen LogP) is -1.47. The minimum Gasteiger partial charge on any atom is -1.00 e. The van der Waals surface area contributed by atoms with Crippen LogP contribution in [0.2, 0.25) is 0 Å². The van der Waals surface area contributed by atoms with E-state index in [1.54, 1.807) is 0 Å². The van der Waals surface area contributed by atoms with Crippen LogP contribution in [0.1, 0.15) is 22.3 Å². The van der Waals surface area contributed by atoms with Gasteiger partial charge in [0, 0.05) is 27.3 Å². The zero-order valence-electron chi connectivity index (χ0n) is 0.878. The summed E-state index contributed by atoms with van der Waals surface area (Å²) in [5.74, 6) is 0. The van der Waals surface area contributed by atoms with Crippen molar-refractivity contribution in [2.24, 2.45) is 0 Å². The third-order valence-electron chi connectivity index (χ3n) is 0. The van der Waals surface area contributed by atoms with Gasteiger partial charge in [-0.2, -0.15) is 0 Å². The van der Waals surface area contributed by atoms with Gasteiger partial charge in [0.15, 0.2) is 0 Å². The van der Waals surface area contributed by atoms with Crippen molar-refractivity contribution in [1.82, 2.24) is 0 Å². The fourth-order valence-corrected chi connectivity index (χ4v) is 0. The second-order valence-electron chi connectivity index (χ2n) is 0. The minimum atomic E-state index is 0. The van der Waals surface area contributed by atoms with E-state index in [2.05, 4.69) is 0 Å². The van der Waals surface area contributed by atoms with Gasteiger partial charge in [-0.05, 0) is 0 Å². The van der Waals surface area contributed by atoms with Crippen LogP contribution in [0.3, 0.4) is 0 Å². The SMILES string of the molecule is C.C.C.[Br-].[Pb]. The third-order valence-corrected chi connectivity index (χ3v) is 0. The van der Waals surface area contributed by atoms with E-state index in [0.29, 0.717) is 0 Å². The second kappa shape index (κ2) is 53.3. The largest absolute Gasteiger partial charge is 1.00 e. The molecule has 0 amide bonds. The smallest absolute Gasteiger partial charge is 0 e. The number of hydrogen-bond acceptors (Lipinski definition) is 0. The fraction of sp³-hybridized carbons (Fsp3) is 1.00. The van der Waals surface area contributed by atoms with E-state index < -0.39 is 0 Å². The van der Waals surface area contributed by atoms with Gasteiger partial charge in [0.2, 0.25) is 0 Å². The van der Waals surface area contributed by atoms with Gasteiger partial charge in [0.25, 0.3) is 0 Å². The molecule has 0 N–H and O–H groups in total. The maximum Gasteiger partial charge on any atom is 0 e. The number of hydrogen-bond donors (Lipinski definition) is 0. The van der Waals surface area contributed by atoms with Crippen molar-refractivity contribution >= 4 is 27.3 Å². The summed E-state index contributed by atoms with van der Waals surface area (Å²) >= 11 is 0. The molecular formula is C3H12BrPb-. The normalized spacial score (nSPS) is 0. The van der Waals surface area contributed by atoms with Crippen LogP contribution in [-0.2, 0) is 0 Å². The third kappa shape index (κ3) is 31.8. The van der Waals surface area contributed by atoms with E-state index in [9.17, 15) is 0 Å². The van der Waals surface area contributed by atoms with Gasteiger partial charge in [0.1, 0.15) is 0 Å². The van der Waals surface area contributed by atoms with E-state index in [0.717, 1.165) is 0 Å². The quantitative estimate of drug-likeness (QED) is 0.475. The monoisotopic (exact) mass is 335 g/mol. The molecule has 2 heteroatoms. The zero-order valence-corrected chi connectivity index (χ0v) is 6.35. The second-order valence-corrected chi connectivity index (χ2v) is 0. The molecule has 0 spiro atoms. The van der Waals surface area contributed by atoms with Crippen LogP contribution in [-0.4, -0.2) is 27.3 Å². The fourth-order valence-electron chi connectivity index (χ4n) is 0. The van der Waals surface area contributed by atoms with Crippen molar-refractivity contribution in [2.75, 3.05) is 0 Å². The molecule has 0 atom stereocenters. The maximum absolute atomic E-state index is 0. The Labute approximate surface area is 66.3 Å². The first-order chi connectivity index (χ1) is 0. The Kier molecular flexibility index (Phi) is 1010. The summed E-state index contributed by atoms with van der Waals surface area (Å²) in [6, 6.07) is 0. The Morgan fingerprint density at radius 2 is 0.600 bits per heavy atom. The Balaban J connectivity index is 0. The Morgan fingerprint density at radius 1 is 0.600 bits per heavy atom. The summed E-state index contributed by atoms with van der Waals surface area (Å²) < 4.78 is 0. The van der Waals surface area contributed by atoms with E-state index in [1.165, 1.54) is 0 Å². The van der Waals surface area contributed by atoms with Crippen molar-refractivity contribution in [2.45, 2.75) is 22.3 Å². The number of halogens is 1. The first kappa shape index (κ1) is 95.0. The first-order valence-electron chi connectivity index (χ1n) is 0. The first-order valence-corrected chi connectivity index (χ1v) is 0. The molecule has 0 aliphatic heterocycles. The molecule has 0 bridgehead atoms. The van der Waals surface area contributed by atoms with Gasteiger partial charge in [-0.3, -0.25) is 0 Å². The van der Waals surface area contributed by atoms with Crippen molar-refractivity contribution in [3.63, 3.8) is 0 Å². The molecule has 0 aromatic rings. The molecule has 0 aromatic carbocycles. The summed E-state index contributed by atoms with van der Waals surface area (Å²) in [7, 11) is 0. The Morgan fingerprint density at radius 3 is 0.600 bits per heavy atom. The van der Waals surface area contributed by atoms with Crippen molar-refractivity contribution < 1.29 is 17.0 Å². The zero-order chi connectivity index (χ0) is 0. The van der Waals surface area contributed by atoms with Crippen LogP contribution in [0.4, 0.5) is 0 Å². The molecule has 0 saturated heterocycles. The van der Waals surface area contributed by atoms with Crippen LogP contribution in [0.25, 0.3) is 0 Å². The van der Waals surface area contributed by atoms with E-state index in [1.807, 2.05) is 0 Å². The average molecular weight is 335 g/mol. The van der Waals surface area contributed by atoms with Crippen LogP contribution in [0.5, 0.6) is 0 Å². The van der Waals surface area contributed by atoms with Gasteiger partial charge in [0.05, 0.1) is 0 Å². The van der Waals surface area contributed by atoms with E-state index >= 15 is 0 Å². The van der Waals surface area contributed by atoms with Crippen molar-refractivity contribution in [3.05, 3.63) is 0 Å². The van der Waals surface area contributed by atoms with Crippen LogP contribution in [0.15, 0.2) is 0 Å². The molecular weight excluding hydrogens is 323 g/mol. The molecule has 0 heterocycles. The van der Waals surface area contributed by atoms with Crippen LogP contribution in [0, 0.1) is 0 Å².